The molecule has 0 bridgehead atoms. The molecule has 0 aliphatic carbocycles. The SMILES string of the molecule is COc1nc(Oc2cccc(C#N)c2)ccc1N. The van der Waals surface area contributed by atoms with Crippen molar-refractivity contribution < 1.29 is 9.47 Å². The number of nitrogens with two attached hydrogens (primary N) is 1. The van der Waals surface area contributed by atoms with Crippen molar-refractivity contribution in [2.24, 2.45) is 0 Å². The molecule has 0 aliphatic heterocycles. The second kappa shape index (κ2) is 5.06. The van der Waals surface area contributed by atoms with Crippen molar-refractivity contribution in [3.05, 3.63) is 42.0 Å². The van der Waals surface area contributed by atoms with Gasteiger partial charge in [0.1, 0.15) is 5.75 Å². The quantitative estimate of drug-likeness (QED) is 0.891. The zero-order valence-electron chi connectivity index (χ0n) is 9.75. The van der Waals surface area contributed by atoms with Gasteiger partial charge in [-0.15, -0.1) is 0 Å². The number of hydrogen-bond donors (Lipinski definition) is 1. The van der Waals surface area contributed by atoms with Crippen LogP contribution >= 0.6 is 0 Å². The van der Waals surface area contributed by atoms with Crippen LogP contribution in [0.3, 0.4) is 0 Å². The number of nitrogen functional groups attached to an aromatic ring is 1. The number of pyridine rings is 1. The number of hydrogen-bond acceptors (Lipinski definition) is 5. The molecule has 18 heavy (non-hydrogen) atoms. The first-order valence-electron chi connectivity index (χ1n) is 5.21. The number of methoxy groups -OCH3 is 1. The fraction of sp³-hybridized carbons (Fsp3) is 0.0769. The average molecular weight is 241 g/mol. The van der Waals surface area contributed by atoms with Crippen LogP contribution in [0.1, 0.15) is 5.56 Å². The predicted molar refractivity (Wildman–Crippen MR) is 66.4 cm³/mol. The van der Waals surface area contributed by atoms with Gasteiger partial charge in [-0.05, 0) is 24.3 Å². The number of rotatable bonds is 3. The van der Waals surface area contributed by atoms with E-state index in [0.29, 0.717) is 28.8 Å². The number of nitrogens with zero attached hydrogens (tertiary/aromatic N) is 2. The van der Waals surface area contributed by atoms with Gasteiger partial charge in [-0.25, -0.2) is 0 Å². The second-order valence-corrected chi connectivity index (χ2v) is 3.49. The van der Waals surface area contributed by atoms with Gasteiger partial charge in [0.2, 0.25) is 11.8 Å². The zero-order valence-corrected chi connectivity index (χ0v) is 9.75. The molecule has 2 aromatic rings. The van der Waals surface area contributed by atoms with Crippen molar-refractivity contribution in [2.75, 3.05) is 12.8 Å². The summed E-state index contributed by atoms with van der Waals surface area (Å²) in [5.74, 6) is 1.20. The Hall–Kier alpha value is -2.74. The lowest BCUT2D eigenvalue weighted by Crippen LogP contribution is -1.97. The average Bonchev–Trinajstić information content (AvgIpc) is 2.41. The van der Waals surface area contributed by atoms with Crippen LogP contribution in [0.5, 0.6) is 17.5 Å². The fourth-order valence-corrected chi connectivity index (χ4v) is 1.40. The summed E-state index contributed by atoms with van der Waals surface area (Å²) in [6.45, 7) is 0. The Morgan fingerprint density at radius 2 is 2.11 bits per heavy atom. The van der Waals surface area contributed by atoms with Gasteiger partial charge >= 0.3 is 0 Å². The van der Waals surface area contributed by atoms with Crippen LogP contribution in [0.2, 0.25) is 0 Å². The molecule has 0 saturated heterocycles. The van der Waals surface area contributed by atoms with Crippen molar-refractivity contribution in [1.82, 2.24) is 4.98 Å². The zero-order chi connectivity index (χ0) is 13.0. The third kappa shape index (κ3) is 2.50. The Bertz CT molecular complexity index is 605. The summed E-state index contributed by atoms with van der Waals surface area (Å²) in [5, 5.41) is 8.79. The Morgan fingerprint density at radius 3 is 2.83 bits per heavy atom. The maximum atomic E-state index is 8.79. The van der Waals surface area contributed by atoms with Crippen molar-refractivity contribution in [2.45, 2.75) is 0 Å². The molecule has 2 N–H and O–H groups in total. The Balaban J connectivity index is 2.26. The highest BCUT2D eigenvalue weighted by atomic mass is 16.5. The summed E-state index contributed by atoms with van der Waals surface area (Å²) in [5.41, 5.74) is 6.62. The van der Waals surface area contributed by atoms with E-state index in [2.05, 4.69) is 4.98 Å². The molecule has 0 saturated carbocycles. The van der Waals surface area contributed by atoms with Crippen LogP contribution in [-0.2, 0) is 0 Å². The van der Waals surface area contributed by atoms with E-state index in [1.54, 1.807) is 36.4 Å². The Labute approximate surface area is 104 Å². The lowest BCUT2D eigenvalue weighted by atomic mass is 10.2. The summed E-state index contributed by atoms with van der Waals surface area (Å²) in [7, 11) is 1.48. The standard InChI is InChI=1S/C13H11N3O2/c1-17-13-11(15)5-6-12(16-13)18-10-4-2-3-9(7-10)8-14/h2-7H,15H2,1H3. The van der Waals surface area contributed by atoms with E-state index in [9.17, 15) is 0 Å². The molecule has 0 fully saturated rings. The highest BCUT2D eigenvalue weighted by Gasteiger charge is 2.05. The minimum Gasteiger partial charge on any atom is -0.479 e. The Morgan fingerprint density at radius 1 is 1.28 bits per heavy atom. The van der Waals surface area contributed by atoms with Crippen LogP contribution in [-0.4, -0.2) is 12.1 Å². The molecular weight excluding hydrogens is 230 g/mol. The van der Waals surface area contributed by atoms with E-state index in [1.165, 1.54) is 7.11 Å². The van der Waals surface area contributed by atoms with Gasteiger partial charge in [-0.2, -0.15) is 10.2 Å². The topological polar surface area (TPSA) is 81.2 Å². The van der Waals surface area contributed by atoms with Crippen LogP contribution in [0.4, 0.5) is 5.69 Å². The van der Waals surface area contributed by atoms with Gasteiger partial charge in [-0.3, -0.25) is 0 Å². The van der Waals surface area contributed by atoms with Gasteiger partial charge in [0.15, 0.2) is 0 Å². The normalized spacial score (nSPS) is 9.56. The third-order valence-electron chi connectivity index (χ3n) is 2.24. The summed E-state index contributed by atoms with van der Waals surface area (Å²) < 4.78 is 10.5. The number of aromatic nitrogens is 1. The van der Waals surface area contributed by atoms with Crippen molar-refractivity contribution in [3.8, 4) is 23.6 Å². The van der Waals surface area contributed by atoms with Crippen molar-refractivity contribution in [1.29, 1.82) is 5.26 Å². The monoisotopic (exact) mass is 241 g/mol. The van der Waals surface area contributed by atoms with E-state index in [1.807, 2.05) is 6.07 Å². The van der Waals surface area contributed by atoms with Gasteiger partial charge < -0.3 is 15.2 Å². The summed E-state index contributed by atoms with van der Waals surface area (Å²) in [6, 6.07) is 12.1. The van der Waals surface area contributed by atoms with E-state index in [0.717, 1.165) is 0 Å². The minimum absolute atomic E-state index is 0.309. The highest BCUT2D eigenvalue weighted by molar-refractivity contribution is 5.49. The third-order valence-corrected chi connectivity index (χ3v) is 2.24. The molecule has 1 aromatic carbocycles. The van der Waals surface area contributed by atoms with E-state index in [4.69, 9.17) is 20.5 Å². The molecule has 0 unspecified atom stereocenters. The highest BCUT2D eigenvalue weighted by Crippen LogP contribution is 2.25. The van der Waals surface area contributed by atoms with Gasteiger partial charge in [-0.1, -0.05) is 6.07 Å². The van der Waals surface area contributed by atoms with Gasteiger partial charge in [0.25, 0.3) is 0 Å². The number of nitriles is 1. The Kier molecular flexibility index (Phi) is 3.30. The van der Waals surface area contributed by atoms with Crippen LogP contribution in [0, 0.1) is 11.3 Å². The van der Waals surface area contributed by atoms with Gasteiger partial charge in [0.05, 0.1) is 24.4 Å². The maximum Gasteiger partial charge on any atom is 0.240 e. The molecule has 1 aromatic heterocycles. The van der Waals surface area contributed by atoms with E-state index in [-0.39, 0.29) is 0 Å². The van der Waals surface area contributed by atoms with Crippen LogP contribution in [0.15, 0.2) is 36.4 Å². The number of ether oxygens (including phenoxy) is 2. The minimum atomic E-state index is 0.309. The molecule has 2 rings (SSSR count). The molecule has 5 heteroatoms. The number of anilines is 1. The molecule has 0 spiro atoms. The number of benzene rings is 1. The predicted octanol–water partition coefficient (Wildman–Crippen LogP) is 2.34. The fourth-order valence-electron chi connectivity index (χ4n) is 1.40. The maximum absolute atomic E-state index is 8.79. The molecule has 0 aliphatic rings. The molecule has 5 nitrogen and oxygen atoms in total. The lowest BCUT2D eigenvalue weighted by molar-refractivity contribution is 0.385. The van der Waals surface area contributed by atoms with E-state index < -0.39 is 0 Å². The molecule has 1 heterocycles. The summed E-state index contributed by atoms with van der Waals surface area (Å²) in [6.07, 6.45) is 0. The van der Waals surface area contributed by atoms with Crippen molar-refractivity contribution in [3.63, 3.8) is 0 Å². The first kappa shape index (κ1) is 11.7. The van der Waals surface area contributed by atoms with Gasteiger partial charge in [0, 0.05) is 6.07 Å². The summed E-state index contributed by atoms with van der Waals surface area (Å²) in [4.78, 5) is 4.09. The van der Waals surface area contributed by atoms with Crippen LogP contribution < -0.4 is 15.2 Å². The van der Waals surface area contributed by atoms with Crippen molar-refractivity contribution >= 4 is 5.69 Å². The molecule has 0 radical (unpaired) electrons. The largest absolute Gasteiger partial charge is 0.479 e. The molecule has 90 valence electrons. The molecular formula is C13H11N3O2. The smallest absolute Gasteiger partial charge is 0.240 e. The summed E-state index contributed by atoms with van der Waals surface area (Å²) >= 11 is 0. The van der Waals surface area contributed by atoms with E-state index >= 15 is 0 Å². The molecule has 0 amide bonds. The second-order valence-electron chi connectivity index (χ2n) is 3.49. The first-order chi connectivity index (χ1) is 8.72. The molecule has 0 atom stereocenters. The lowest BCUT2D eigenvalue weighted by Gasteiger charge is -2.07. The van der Waals surface area contributed by atoms with Crippen LogP contribution in [0.25, 0.3) is 0 Å². The first-order valence-corrected chi connectivity index (χ1v) is 5.21.